The highest BCUT2D eigenvalue weighted by molar-refractivity contribution is 5.71. The third kappa shape index (κ3) is 27.6. The van der Waals surface area contributed by atoms with Crippen molar-refractivity contribution in [2.45, 2.75) is 174 Å². The average molecular weight is 481 g/mol. The Morgan fingerprint density at radius 1 is 0.618 bits per heavy atom. The summed E-state index contributed by atoms with van der Waals surface area (Å²) in [4.78, 5) is 4.23. The second-order valence-electron chi connectivity index (χ2n) is 10.4. The lowest BCUT2D eigenvalue weighted by atomic mass is 10.0. The molecule has 0 aromatic heterocycles. The first-order chi connectivity index (χ1) is 16.7. The topological polar surface area (TPSA) is 79.5 Å². The van der Waals surface area contributed by atoms with Crippen LogP contribution >= 0.6 is 0 Å². The molecule has 1 unspecified atom stereocenters. The van der Waals surface area contributed by atoms with E-state index in [1.807, 2.05) is 0 Å². The number of hydrogen-bond donors (Lipinski definition) is 1. The summed E-state index contributed by atoms with van der Waals surface area (Å²) in [6.45, 7) is 3.53. The average Bonchev–Trinajstić information content (AvgIpc) is 2.83. The monoisotopic (exact) mass is 480 g/mol. The molecule has 0 radical (unpaired) electrons. The predicted molar refractivity (Wildman–Crippen MR) is 149 cm³/mol. The summed E-state index contributed by atoms with van der Waals surface area (Å²) in [5.41, 5.74) is 7.13. The number of nitrogens with zero attached hydrogens (tertiary/aromatic N) is 1. The molecule has 0 bridgehead atoms. The van der Waals surface area contributed by atoms with Crippen molar-refractivity contribution >= 4 is 5.90 Å². The van der Waals surface area contributed by atoms with Gasteiger partial charge in [0.15, 0.2) is 0 Å². The molecule has 0 spiro atoms. The van der Waals surface area contributed by atoms with Gasteiger partial charge in [0.05, 0.1) is 6.10 Å². The number of hydrogen-bond acceptors (Lipinski definition) is 3. The third-order valence-corrected chi connectivity index (χ3v) is 6.94. The summed E-state index contributed by atoms with van der Waals surface area (Å²) in [5.74, 6) is 0.112. The lowest BCUT2D eigenvalue weighted by Gasteiger charge is -2.11. The van der Waals surface area contributed by atoms with Crippen LogP contribution in [0.25, 0.3) is 5.73 Å². The highest BCUT2D eigenvalue weighted by Gasteiger charge is 2.03. The molecule has 0 aromatic rings. The minimum Gasteiger partial charge on any atom is -0.862 e. The molecule has 34 heavy (non-hydrogen) atoms. The van der Waals surface area contributed by atoms with Gasteiger partial charge < -0.3 is 20.9 Å². The molecule has 0 amide bonds. The zero-order chi connectivity index (χ0) is 25.0. The van der Waals surface area contributed by atoms with Crippen molar-refractivity contribution in [3.8, 4) is 0 Å². The van der Waals surface area contributed by atoms with Gasteiger partial charge in [-0.3, -0.25) is 0 Å². The van der Waals surface area contributed by atoms with E-state index in [0.29, 0.717) is 13.0 Å². The van der Waals surface area contributed by atoms with Crippen LogP contribution in [0, 0.1) is 0 Å². The molecule has 1 atom stereocenters. The first-order valence-electron chi connectivity index (χ1n) is 15.2. The Bertz CT molecular complexity index is 415. The Morgan fingerprint density at radius 2 is 1.03 bits per heavy atom. The molecule has 0 saturated carbocycles. The SMILES string of the molecule is CCCCCCC(O)CCCCCCCCCCC([O-])=NCCCCCCCCCCCC[NH-]. The van der Waals surface area contributed by atoms with Gasteiger partial charge in [0.2, 0.25) is 0 Å². The second kappa shape index (κ2) is 28.6. The van der Waals surface area contributed by atoms with Gasteiger partial charge >= 0.3 is 0 Å². The quantitative estimate of drug-likeness (QED) is 0.0688. The van der Waals surface area contributed by atoms with Crippen LogP contribution in [0.3, 0.4) is 0 Å². The molecule has 0 aromatic carbocycles. The number of nitrogens with one attached hydrogen (secondary N) is 1. The fourth-order valence-electron chi connectivity index (χ4n) is 4.60. The largest absolute Gasteiger partial charge is 0.862 e. The number of rotatable bonds is 28. The lowest BCUT2D eigenvalue weighted by Crippen LogP contribution is -2.17. The molecular weight excluding hydrogens is 420 g/mol. The van der Waals surface area contributed by atoms with Gasteiger partial charge in [0.25, 0.3) is 0 Å². The van der Waals surface area contributed by atoms with Crippen molar-refractivity contribution in [1.29, 1.82) is 0 Å². The lowest BCUT2D eigenvalue weighted by molar-refractivity contribution is -0.219. The summed E-state index contributed by atoms with van der Waals surface area (Å²) >= 11 is 0. The molecule has 4 nitrogen and oxygen atoms in total. The first kappa shape index (κ1) is 33.4. The smallest absolute Gasteiger partial charge is 0.0540 e. The molecule has 0 aliphatic heterocycles. The van der Waals surface area contributed by atoms with Gasteiger partial charge in [-0.1, -0.05) is 135 Å². The number of aliphatic hydroxyl groups is 1. The summed E-state index contributed by atoms with van der Waals surface area (Å²) in [7, 11) is 0. The van der Waals surface area contributed by atoms with E-state index in [4.69, 9.17) is 5.73 Å². The Labute approximate surface area is 213 Å². The Morgan fingerprint density at radius 3 is 1.53 bits per heavy atom. The normalized spacial score (nSPS) is 13.0. The second-order valence-corrected chi connectivity index (χ2v) is 10.4. The highest BCUT2D eigenvalue weighted by Crippen LogP contribution is 2.14. The number of aliphatic imine (C=N–C) groups is 1. The summed E-state index contributed by atoms with van der Waals surface area (Å²) < 4.78 is 0. The van der Waals surface area contributed by atoms with E-state index < -0.39 is 0 Å². The summed E-state index contributed by atoms with van der Waals surface area (Å²) in [6.07, 6.45) is 29.6. The fourth-order valence-corrected chi connectivity index (χ4v) is 4.60. The minimum absolute atomic E-state index is 0.0788. The molecule has 4 heteroatoms. The van der Waals surface area contributed by atoms with Crippen molar-refractivity contribution < 1.29 is 10.2 Å². The van der Waals surface area contributed by atoms with Crippen LogP contribution in [0.1, 0.15) is 167 Å². The van der Waals surface area contributed by atoms with Gasteiger partial charge in [-0.25, -0.2) is 0 Å². The van der Waals surface area contributed by atoms with Crippen LogP contribution in [-0.2, 0) is 0 Å². The Kier molecular flexibility index (Phi) is 28.1. The molecule has 0 saturated heterocycles. The highest BCUT2D eigenvalue weighted by atomic mass is 16.3. The maximum atomic E-state index is 11.9. The molecule has 204 valence electrons. The van der Waals surface area contributed by atoms with Crippen LogP contribution in [0.4, 0.5) is 0 Å². The van der Waals surface area contributed by atoms with Crippen LogP contribution in [-0.4, -0.2) is 30.2 Å². The standard InChI is InChI=1S/C30H61N2O2/c1-2-3-4-19-24-29(33)25-20-15-11-7-8-12-16-21-26-30(34)32-28-23-18-14-10-6-5-9-13-17-22-27-31/h29,31,33H,2-28H2,1H3,(H,32,34)/q-1/p-1. The summed E-state index contributed by atoms with van der Waals surface area (Å²) in [5, 5.41) is 21.9. The zero-order valence-electron chi connectivity index (χ0n) is 23.0. The fraction of sp³-hybridized carbons (Fsp3) is 0.967. The van der Waals surface area contributed by atoms with Gasteiger partial charge in [-0.15, -0.1) is 0 Å². The Hall–Kier alpha value is -0.610. The van der Waals surface area contributed by atoms with Crippen molar-refractivity contribution in [1.82, 2.24) is 0 Å². The van der Waals surface area contributed by atoms with Crippen molar-refractivity contribution in [3.05, 3.63) is 5.73 Å². The van der Waals surface area contributed by atoms with E-state index in [9.17, 15) is 10.2 Å². The molecule has 0 aliphatic rings. The van der Waals surface area contributed by atoms with Gasteiger partial charge in [-0.05, 0) is 38.0 Å². The predicted octanol–water partition coefficient (Wildman–Crippen LogP) is 8.93. The Balaban J connectivity index is 3.28. The molecular formula is C30H60N2O2-2. The van der Waals surface area contributed by atoms with E-state index in [1.54, 1.807) is 0 Å². The van der Waals surface area contributed by atoms with Crippen LogP contribution in [0.15, 0.2) is 4.99 Å². The molecule has 0 rings (SSSR count). The van der Waals surface area contributed by atoms with Gasteiger partial charge in [0.1, 0.15) is 0 Å². The molecule has 2 N–H and O–H groups in total. The number of unbranched alkanes of at least 4 members (excludes halogenated alkanes) is 19. The molecule has 0 fully saturated rings. The third-order valence-electron chi connectivity index (χ3n) is 6.94. The maximum Gasteiger partial charge on any atom is 0.0540 e. The van der Waals surface area contributed by atoms with E-state index in [-0.39, 0.29) is 12.0 Å². The molecule has 0 aliphatic carbocycles. The van der Waals surface area contributed by atoms with E-state index in [2.05, 4.69) is 11.9 Å². The van der Waals surface area contributed by atoms with Crippen LogP contribution in [0.2, 0.25) is 0 Å². The van der Waals surface area contributed by atoms with E-state index in [0.717, 1.165) is 45.1 Å². The van der Waals surface area contributed by atoms with Crippen molar-refractivity contribution in [3.63, 3.8) is 0 Å². The molecule has 0 heterocycles. The van der Waals surface area contributed by atoms with Gasteiger partial charge in [0, 0.05) is 6.54 Å². The minimum atomic E-state index is -0.0788. The van der Waals surface area contributed by atoms with E-state index in [1.165, 1.54) is 116 Å². The van der Waals surface area contributed by atoms with Gasteiger partial charge in [-0.2, -0.15) is 6.54 Å². The summed E-state index contributed by atoms with van der Waals surface area (Å²) in [6, 6.07) is 0. The van der Waals surface area contributed by atoms with E-state index >= 15 is 0 Å². The van der Waals surface area contributed by atoms with Crippen LogP contribution < -0.4 is 5.11 Å². The van der Waals surface area contributed by atoms with Crippen molar-refractivity contribution in [2.75, 3.05) is 13.1 Å². The van der Waals surface area contributed by atoms with Crippen LogP contribution in [0.5, 0.6) is 0 Å². The maximum absolute atomic E-state index is 11.9. The van der Waals surface area contributed by atoms with Crippen molar-refractivity contribution in [2.24, 2.45) is 4.99 Å². The number of aliphatic hydroxyl groups excluding tert-OH is 1. The first-order valence-corrected chi connectivity index (χ1v) is 15.2. The zero-order valence-corrected chi connectivity index (χ0v) is 23.0.